The first-order chi connectivity index (χ1) is 19.9. The largest absolute Gasteiger partial charge is 0.494 e. The third kappa shape index (κ3) is 7.57. The van der Waals surface area contributed by atoms with Crippen molar-refractivity contribution in [1.29, 1.82) is 0 Å². The molecule has 4 rings (SSSR count). The number of hydrogen-bond acceptors (Lipinski definition) is 2. The summed E-state index contributed by atoms with van der Waals surface area (Å²) in [7, 11) is 0. The van der Waals surface area contributed by atoms with Crippen molar-refractivity contribution in [2.75, 3.05) is 13.2 Å². The topological polar surface area (TPSA) is 18.5 Å². The van der Waals surface area contributed by atoms with Crippen LogP contribution in [-0.2, 0) is 12.8 Å². The average Bonchev–Trinajstić information content (AvgIpc) is 2.99. The molecule has 0 fully saturated rings. The van der Waals surface area contributed by atoms with E-state index in [9.17, 15) is 17.6 Å². The zero-order valence-electron chi connectivity index (χ0n) is 23.2. The van der Waals surface area contributed by atoms with Crippen LogP contribution in [0.25, 0.3) is 22.3 Å². The van der Waals surface area contributed by atoms with Crippen LogP contribution in [0.2, 0.25) is 0 Å². The van der Waals surface area contributed by atoms with Gasteiger partial charge in [-0.3, -0.25) is 0 Å². The summed E-state index contributed by atoms with van der Waals surface area (Å²) in [6.07, 6.45) is 5.85. The Bertz CT molecular complexity index is 1450. The molecule has 0 aromatic heterocycles. The second-order valence-corrected chi connectivity index (χ2v) is 9.84. The quantitative estimate of drug-likeness (QED) is 0.0865. The predicted octanol–water partition coefficient (Wildman–Crippen LogP) is 9.89. The fourth-order valence-corrected chi connectivity index (χ4v) is 4.48. The SMILES string of the molecule is C=CCCCOc1ccc(-c2ccc(CCc3ccc(-c4ccc(OCCCC)cc4)c(F)c3F)cc2)c(F)c1F. The Balaban J connectivity index is 1.39. The van der Waals surface area contributed by atoms with Crippen molar-refractivity contribution < 1.29 is 27.0 Å². The van der Waals surface area contributed by atoms with Gasteiger partial charge in [0.2, 0.25) is 5.82 Å². The summed E-state index contributed by atoms with van der Waals surface area (Å²) in [5, 5.41) is 0. The first-order valence-electron chi connectivity index (χ1n) is 13.9. The van der Waals surface area contributed by atoms with Crippen molar-refractivity contribution in [2.24, 2.45) is 0 Å². The highest BCUT2D eigenvalue weighted by Gasteiger charge is 2.17. The van der Waals surface area contributed by atoms with E-state index >= 15 is 0 Å². The molecule has 4 aromatic rings. The van der Waals surface area contributed by atoms with Crippen molar-refractivity contribution in [1.82, 2.24) is 0 Å². The summed E-state index contributed by atoms with van der Waals surface area (Å²) in [6.45, 7) is 6.59. The van der Waals surface area contributed by atoms with Gasteiger partial charge in [0.25, 0.3) is 0 Å². The van der Waals surface area contributed by atoms with Crippen LogP contribution in [0, 0.1) is 23.3 Å². The fourth-order valence-electron chi connectivity index (χ4n) is 4.48. The molecule has 0 saturated heterocycles. The van der Waals surface area contributed by atoms with Crippen molar-refractivity contribution in [3.63, 3.8) is 0 Å². The van der Waals surface area contributed by atoms with Crippen molar-refractivity contribution in [3.05, 3.63) is 120 Å². The Morgan fingerprint density at radius 1 is 0.634 bits per heavy atom. The highest BCUT2D eigenvalue weighted by molar-refractivity contribution is 5.66. The van der Waals surface area contributed by atoms with Crippen LogP contribution >= 0.6 is 0 Å². The Morgan fingerprint density at radius 2 is 1.24 bits per heavy atom. The number of benzene rings is 4. The van der Waals surface area contributed by atoms with E-state index in [1.165, 1.54) is 12.1 Å². The summed E-state index contributed by atoms with van der Waals surface area (Å²) < 4.78 is 70.2. The lowest BCUT2D eigenvalue weighted by molar-refractivity contribution is 0.291. The molecule has 0 radical (unpaired) electrons. The highest BCUT2D eigenvalue weighted by Crippen LogP contribution is 2.31. The maximum atomic E-state index is 15.0. The van der Waals surface area contributed by atoms with Crippen LogP contribution in [0.5, 0.6) is 11.5 Å². The van der Waals surface area contributed by atoms with E-state index in [2.05, 4.69) is 13.5 Å². The Kier molecular flexibility index (Phi) is 10.6. The van der Waals surface area contributed by atoms with E-state index in [0.29, 0.717) is 36.3 Å². The zero-order valence-corrected chi connectivity index (χ0v) is 23.2. The molecule has 4 aromatic carbocycles. The van der Waals surface area contributed by atoms with Crippen molar-refractivity contribution >= 4 is 0 Å². The predicted molar refractivity (Wildman–Crippen MR) is 156 cm³/mol. The van der Waals surface area contributed by atoms with Gasteiger partial charge in [0, 0.05) is 11.1 Å². The summed E-state index contributed by atoms with van der Waals surface area (Å²) in [5.41, 5.74) is 2.52. The van der Waals surface area contributed by atoms with Crippen molar-refractivity contribution in [2.45, 2.75) is 45.4 Å². The van der Waals surface area contributed by atoms with Gasteiger partial charge in [0.15, 0.2) is 23.2 Å². The normalized spacial score (nSPS) is 11.0. The number of aryl methyl sites for hydroxylation is 2. The molecule has 0 saturated carbocycles. The molecule has 0 aliphatic carbocycles. The molecule has 0 heterocycles. The minimum atomic E-state index is -1.03. The lowest BCUT2D eigenvalue weighted by Gasteiger charge is -2.11. The third-order valence-electron chi connectivity index (χ3n) is 6.90. The maximum absolute atomic E-state index is 15.0. The molecule has 0 unspecified atom stereocenters. The van der Waals surface area contributed by atoms with E-state index < -0.39 is 23.3 Å². The first-order valence-corrected chi connectivity index (χ1v) is 13.9. The maximum Gasteiger partial charge on any atom is 0.201 e. The Morgan fingerprint density at radius 3 is 1.90 bits per heavy atom. The van der Waals surface area contributed by atoms with Gasteiger partial charge in [0.1, 0.15) is 5.75 Å². The molecule has 0 amide bonds. The minimum absolute atomic E-state index is 0.122. The number of rotatable bonds is 14. The second-order valence-electron chi connectivity index (χ2n) is 9.84. The van der Waals surface area contributed by atoms with Gasteiger partial charge in [-0.05, 0) is 78.6 Å². The summed E-state index contributed by atoms with van der Waals surface area (Å²) in [4.78, 5) is 0. The van der Waals surface area contributed by atoms with Gasteiger partial charge in [-0.2, -0.15) is 4.39 Å². The van der Waals surface area contributed by atoms with Crippen molar-refractivity contribution in [3.8, 4) is 33.8 Å². The van der Waals surface area contributed by atoms with Gasteiger partial charge in [-0.15, -0.1) is 6.58 Å². The summed E-state index contributed by atoms with van der Waals surface area (Å²) >= 11 is 0. The van der Waals surface area contributed by atoms with E-state index in [1.54, 1.807) is 66.7 Å². The Hall–Kier alpha value is -4.06. The molecular formula is C35H34F4O2. The molecule has 0 N–H and O–H groups in total. The molecule has 2 nitrogen and oxygen atoms in total. The summed E-state index contributed by atoms with van der Waals surface area (Å²) in [6, 6.07) is 20.0. The molecular weight excluding hydrogens is 528 g/mol. The Labute approximate surface area is 239 Å². The molecule has 0 atom stereocenters. The molecule has 214 valence electrons. The monoisotopic (exact) mass is 562 g/mol. The summed E-state index contributed by atoms with van der Waals surface area (Å²) in [5.74, 6) is -3.19. The van der Waals surface area contributed by atoms with Crippen LogP contribution in [0.4, 0.5) is 17.6 Å². The fraction of sp³-hybridized carbons (Fsp3) is 0.257. The second kappa shape index (κ2) is 14.5. The highest BCUT2D eigenvalue weighted by atomic mass is 19.2. The molecule has 41 heavy (non-hydrogen) atoms. The molecule has 6 heteroatoms. The number of hydrogen-bond donors (Lipinski definition) is 0. The van der Waals surface area contributed by atoms with Crippen LogP contribution in [0.1, 0.15) is 43.7 Å². The average molecular weight is 563 g/mol. The van der Waals surface area contributed by atoms with Crippen LogP contribution in [0.15, 0.2) is 85.5 Å². The van der Waals surface area contributed by atoms with Gasteiger partial charge in [0.05, 0.1) is 13.2 Å². The van der Waals surface area contributed by atoms with Crippen LogP contribution < -0.4 is 9.47 Å². The molecule has 0 spiro atoms. The lowest BCUT2D eigenvalue weighted by atomic mass is 9.97. The van der Waals surface area contributed by atoms with Gasteiger partial charge < -0.3 is 9.47 Å². The number of halogens is 4. The first kappa shape index (κ1) is 29.9. The van der Waals surface area contributed by atoms with E-state index in [-0.39, 0.29) is 35.5 Å². The van der Waals surface area contributed by atoms with Gasteiger partial charge in [-0.1, -0.05) is 68.0 Å². The standard InChI is InChI=1S/C35H34F4O2/c1-3-5-7-23-41-31-21-20-30(34(38)35(31)39)25-11-8-24(9-12-25)10-13-27-16-19-29(33(37)32(27)36)26-14-17-28(18-15-26)40-22-6-4-2/h3,8-9,11-12,14-21H,1,4-7,10,13,22-23H2,2H3. The van der Waals surface area contributed by atoms with Gasteiger partial charge in [-0.25, -0.2) is 13.2 Å². The van der Waals surface area contributed by atoms with E-state index in [4.69, 9.17) is 9.47 Å². The molecule has 0 bridgehead atoms. The van der Waals surface area contributed by atoms with E-state index in [1.807, 2.05) is 0 Å². The van der Waals surface area contributed by atoms with Crippen LogP contribution in [-0.4, -0.2) is 13.2 Å². The van der Waals surface area contributed by atoms with Crippen LogP contribution in [0.3, 0.4) is 0 Å². The third-order valence-corrected chi connectivity index (χ3v) is 6.90. The molecule has 0 aliphatic heterocycles. The number of allylic oxidation sites excluding steroid dienone is 1. The number of ether oxygens (including phenoxy) is 2. The molecule has 0 aliphatic rings. The minimum Gasteiger partial charge on any atom is -0.494 e. The zero-order chi connectivity index (χ0) is 29.2. The number of unbranched alkanes of at least 4 members (excludes halogenated alkanes) is 2. The van der Waals surface area contributed by atoms with E-state index in [0.717, 1.165) is 24.8 Å². The lowest BCUT2D eigenvalue weighted by Crippen LogP contribution is -2.01. The smallest absolute Gasteiger partial charge is 0.201 e. The van der Waals surface area contributed by atoms with Gasteiger partial charge >= 0.3 is 0 Å².